The molecular formula is C8H10N4O. The van der Waals surface area contributed by atoms with Crippen LogP contribution in [0.2, 0.25) is 0 Å². The van der Waals surface area contributed by atoms with E-state index in [1.807, 2.05) is 12.1 Å². The molecule has 0 fully saturated rings. The first-order valence-electron chi connectivity index (χ1n) is 3.63. The number of nitrogens with two attached hydrogens (primary N) is 2. The number of nitrogens with one attached hydrogen (secondary N) is 1. The highest BCUT2D eigenvalue weighted by Gasteiger charge is 1.92. The van der Waals surface area contributed by atoms with Gasteiger partial charge in [0, 0.05) is 11.3 Å². The minimum atomic E-state index is -0.703. The van der Waals surface area contributed by atoms with Crippen molar-refractivity contribution in [3.63, 3.8) is 0 Å². The van der Waals surface area contributed by atoms with E-state index >= 15 is 0 Å². The van der Waals surface area contributed by atoms with Crippen LogP contribution < -0.4 is 16.9 Å². The smallest absolute Gasteiger partial charge is 0.332 e. The number of hydrogen-bond acceptors (Lipinski definition) is 3. The lowest BCUT2D eigenvalue weighted by atomic mass is 10.2. The second-order valence-electron chi connectivity index (χ2n) is 2.36. The van der Waals surface area contributed by atoms with Crippen LogP contribution in [0, 0.1) is 0 Å². The van der Waals surface area contributed by atoms with Crippen LogP contribution in [-0.2, 0) is 0 Å². The zero-order valence-electron chi connectivity index (χ0n) is 6.90. The normalized spacial score (nSPS) is 10.2. The number of para-hydroxylation sites is 1. The Morgan fingerprint density at radius 2 is 2.15 bits per heavy atom. The van der Waals surface area contributed by atoms with Gasteiger partial charge in [-0.2, -0.15) is 5.10 Å². The van der Waals surface area contributed by atoms with Crippen molar-refractivity contribution in [1.82, 2.24) is 5.43 Å². The molecular weight excluding hydrogens is 168 g/mol. The minimum absolute atomic E-state index is 0.595. The van der Waals surface area contributed by atoms with Gasteiger partial charge in [-0.05, 0) is 6.07 Å². The molecule has 0 aliphatic heterocycles. The number of nitrogen functional groups attached to an aromatic ring is 1. The summed E-state index contributed by atoms with van der Waals surface area (Å²) in [5.41, 5.74) is 13.8. The number of amides is 2. The van der Waals surface area contributed by atoms with Gasteiger partial charge >= 0.3 is 6.03 Å². The van der Waals surface area contributed by atoms with Crippen LogP contribution in [0.5, 0.6) is 0 Å². The monoisotopic (exact) mass is 178 g/mol. The quantitative estimate of drug-likeness (QED) is 0.344. The van der Waals surface area contributed by atoms with Crippen LogP contribution in [-0.4, -0.2) is 12.2 Å². The number of benzene rings is 1. The molecule has 0 saturated heterocycles. The molecule has 0 radical (unpaired) electrons. The largest absolute Gasteiger partial charge is 0.398 e. The summed E-state index contributed by atoms with van der Waals surface area (Å²) in [5.74, 6) is 0. The van der Waals surface area contributed by atoms with Crippen molar-refractivity contribution in [1.29, 1.82) is 0 Å². The van der Waals surface area contributed by atoms with E-state index in [1.165, 1.54) is 6.21 Å². The first kappa shape index (κ1) is 9.05. The average Bonchev–Trinajstić information content (AvgIpc) is 2.08. The first-order valence-corrected chi connectivity index (χ1v) is 3.63. The van der Waals surface area contributed by atoms with E-state index < -0.39 is 6.03 Å². The van der Waals surface area contributed by atoms with Gasteiger partial charge in [0.05, 0.1) is 6.21 Å². The Kier molecular flexibility index (Phi) is 2.86. The number of hydrazone groups is 1. The Bertz CT molecular complexity index is 335. The molecule has 1 rings (SSSR count). The van der Waals surface area contributed by atoms with Gasteiger partial charge in [0.2, 0.25) is 0 Å². The van der Waals surface area contributed by atoms with Gasteiger partial charge in [0.1, 0.15) is 0 Å². The van der Waals surface area contributed by atoms with E-state index in [2.05, 4.69) is 10.5 Å². The molecule has 1 aromatic rings. The fraction of sp³-hybridized carbons (Fsp3) is 0. The van der Waals surface area contributed by atoms with Crippen LogP contribution in [0.3, 0.4) is 0 Å². The first-order chi connectivity index (χ1) is 6.20. The molecule has 0 aliphatic rings. The Hall–Kier alpha value is -2.04. The molecule has 0 heterocycles. The van der Waals surface area contributed by atoms with E-state index in [9.17, 15) is 4.79 Å². The highest BCUT2D eigenvalue weighted by Crippen LogP contribution is 2.06. The summed E-state index contributed by atoms with van der Waals surface area (Å²) in [6.07, 6.45) is 1.43. The highest BCUT2D eigenvalue weighted by atomic mass is 16.2. The molecule has 13 heavy (non-hydrogen) atoms. The Morgan fingerprint density at radius 3 is 2.77 bits per heavy atom. The lowest BCUT2D eigenvalue weighted by Gasteiger charge is -1.97. The second-order valence-corrected chi connectivity index (χ2v) is 2.36. The van der Waals surface area contributed by atoms with E-state index in [4.69, 9.17) is 11.5 Å². The zero-order valence-corrected chi connectivity index (χ0v) is 6.90. The van der Waals surface area contributed by atoms with Crippen LogP contribution in [0.15, 0.2) is 29.4 Å². The summed E-state index contributed by atoms with van der Waals surface area (Å²) >= 11 is 0. The van der Waals surface area contributed by atoms with Gasteiger partial charge in [0.15, 0.2) is 0 Å². The molecule has 5 heteroatoms. The van der Waals surface area contributed by atoms with Crippen molar-refractivity contribution in [3.8, 4) is 0 Å². The summed E-state index contributed by atoms with van der Waals surface area (Å²) in [6, 6.07) is 6.45. The lowest BCUT2D eigenvalue weighted by Crippen LogP contribution is -2.24. The molecule has 2 amide bonds. The van der Waals surface area contributed by atoms with Gasteiger partial charge in [-0.15, -0.1) is 0 Å². The number of nitrogens with zero attached hydrogens (tertiary/aromatic N) is 1. The van der Waals surface area contributed by atoms with Crippen LogP contribution in [0.25, 0.3) is 0 Å². The van der Waals surface area contributed by atoms with Crippen LogP contribution in [0.1, 0.15) is 5.56 Å². The fourth-order valence-corrected chi connectivity index (χ4v) is 0.794. The summed E-state index contributed by atoms with van der Waals surface area (Å²) in [5, 5.41) is 3.57. The number of urea groups is 1. The molecule has 0 atom stereocenters. The molecule has 5 nitrogen and oxygen atoms in total. The van der Waals surface area contributed by atoms with Crippen molar-refractivity contribution in [2.24, 2.45) is 10.8 Å². The second kappa shape index (κ2) is 4.10. The van der Waals surface area contributed by atoms with Crippen LogP contribution in [0.4, 0.5) is 10.5 Å². The van der Waals surface area contributed by atoms with Crippen molar-refractivity contribution in [2.45, 2.75) is 0 Å². The summed E-state index contributed by atoms with van der Waals surface area (Å²) in [7, 11) is 0. The third-order valence-electron chi connectivity index (χ3n) is 1.37. The summed E-state index contributed by atoms with van der Waals surface area (Å²) in [4.78, 5) is 10.2. The summed E-state index contributed by atoms with van der Waals surface area (Å²) < 4.78 is 0. The van der Waals surface area contributed by atoms with E-state index in [1.54, 1.807) is 12.1 Å². The Labute approximate surface area is 75.4 Å². The number of primary amides is 1. The SMILES string of the molecule is NC(=O)NN=Cc1ccccc1N. The maximum Gasteiger partial charge on any atom is 0.332 e. The molecule has 0 saturated carbocycles. The lowest BCUT2D eigenvalue weighted by molar-refractivity contribution is 0.249. The number of anilines is 1. The van der Waals surface area contributed by atoms with Gasteiger partial charge < -0.3 is 11.5 Å². The van der Waals surface area contributed by atoms with E-state index in [0.29, 0.717) is 5.69 Å². The average molecular weight is 178 g/mol. The number of hydrogen-bond donors (Lipinski definition) is 3. The van der Waals surface area contributed by atoms with Gasteiger partial charge in [-0.25, -0.2) is 10.2 Å². The molecule has 0 aromatic heterocycles. The van der Waals surface area contributed by atoms with E-state index in [0.717, 1.165) is 5.56 Å². The fourth-order valence-electron chi connectivity index (χ4n) is 0.794. The number of rotatable bonds is 2. The summed E-state index contributed by atoms with van der Waals surface area (Å²) in [6.45, 7) is 0. The van der Waals surface area contributed by atoms with Crippen molar-refractivity contribution in [2.75, 3.05) is 5.73 Å². The molecule has 68 valence electrons. The number of carbonyl (C=O) groups is 1. The molecule has 1 aromatic carbocycles. The maximum atomic E-state index is 10.2. The van der Waals surface area contributed by atoms with Crippen molar-refractivity contribution < 1.29 is 4.79 Å². The number of carbonyl (C=O) groups excluding carboxylic acids is 1. The predicted octanol–water partition coefficient (Wildman–Crippen LogP) is 0.271. The minimum Gasteiger partial charge on any atom is -0.398 e. The Balaban J connectivity index is 2.68. The topological polar surface area (TPSA) is 93.5 Å². The molecule has 0 spiro atoms. The Morgan fingerprint density at radius 1 is 1.46 bits per heavy atom. The third kappa shape index (κ3) is 2.82. The zero-order chi connectivity index (χ0) is 9.68. The van der Waals surface area contributed by atoms with Crippen molar-refractivity contribution >= 4 is 17.9 Å². The molecule has 0 bridgehead atoms. The highest BCUT2D eigenvalue weighted by molar-refractivity contribution is 5.87. The molecule has 0 aliphatic carbocycles. The van der Waals surface area contributed by atoms with Crippen molar-refractivity contribution in [3.05, 3.63) is 29.8 Å². The predicted molar refractivity (Wildman–Crippen MR) is 51.2 cm³/mol. The standard InChI is InChI=1S/C8H10N4O/c9-7-4-2-1-3-6(7)5-11-12-8(10)13/h1-5H,9H2,(H3,10,12,13). The van der Waals surface area contributed by atoms with Crippen LogP contribution >= 0.6 is 0 Å². The third-order valence-corrected chi connectivity index (χ3v) is 1.37. The molecule has 5 N–H and O–H groups in total. The molecule has 0 unspecified atom stereocenters. The van der Waals surface area contributed by atoms with Gasteiger partial charge in [-0.1, -0.05) is 18.2 Å². The van der Waals surface area contributed by atoms with Gasteiger partial charge in [-0.3, -0.25) is 0 Å². The maximum absolute atomic E-state index is 10.2. The van der Waals surface area contributed by atoms with E-state index in [-0.39, 0.29) is 0 Å². The van der Waals surface area contributed by atoms with Gasteiger partial charge in [0.25, 0.3) is 0 Å².